The van der Waals surface area contributed by atoms with Gasteiger partial charge in [-0.2, -0.15) is 4.98 Å². The lowest BCUT2D eigenvalue weighted by Gasteiger charge is -2.39. The number of amides is 1. The number of carbonyl (C=O) groups excluding carboxylic acids is 1. The van der Waals surface area contributed by atoms with Crippen molar-refractivity contribution in [2.45, 2.75) is 70.0 Å². The molecule has 214 valence electrons. The van der Waals surface area contributed by atoms with Crippen molar-refractivity contribution in [2.24, 2.45) is 5.73 Å². The molecule has 4 aromatic rings. The summed E-state index contributed by atoms with van der Waals surface area (Å²) in [5.74, 6) is 2.30. The number of benzene rings is 1. The van der Waals surface area contributed by atoms with Crippen LogP contribution in [0.3, 0.4) is 0 Å². The van der Waals surface area contributed by atoms with E-state index in [4.69, 9.17) is 19.7 Å². The van der Waals surface area contributed by atoms with Crippen LogP contribution in [0.4, 0.5) is 11.8 Å². The number of nitrogens with one attached hydrogen (secondary N) is 2. The van der Waals surface area contributed by atoms with Crippen molar-refractivity contribution in [3.63, 3.8) is 0 Å². The molecule has 4 heterocycles. The summed E-state index contributed by atoms with van der Waals surface area (Å²) in [6, 6.07) is 12.5. The van der Waals surface area contributed by atoms with Crippen molar-refractivity contribution in [1.82, 2.24) is 25.4 Å². The molecule has 1 saturated heterocycles. The number of rotatable bonds is 9. The molecule has 0 radical (unpaired) electrons. The lowest BCUT2D eigenvalue weighted by molar-refractivity contribution is 0.100. The first kappa shape index (κ1) is 26.9. The minimum Gasteiger partial charge on any atom is -0.424 e. The molecule has 2 aliphatic rings. The number of nitrogens with zero attached hydrogens (tertiary/aromatic N) is 5. The molecule has 11 nitrogen and oxygen atoms in total. The van der Waals surface area contributed by atoms with Crippen LogP contribution in [0.5, 0.6) is 0 Å². The Morgan fingerprint density at radius 1 is 1.05 bits per heavy atom. The van der Waals surface area contributed by atoms with Crippen LogP contribution >= 0.6 is 0 Å². The molecule has 3 atom stereocenters. The molecular formula is C30H36N8O3. The Kier molecular flexibility index (Phi) is 7.95. The second kappa shape index (κ2) is 12.1. The molecule has 4 N–H and O–H groups in total. The zero-order valence-electron chi connectivity index (χ0n) is 23.3. The number of carbonyl (C=O) groups is 1. The first-order chi connectivity index (χ1) is 20.1. The van der Waals surface area contributed by atoms with Crippen molar-refractivity contribution in [3.05, 3.63) is 60.2 Å². The van der Waals surface area contributed by atoms with E-state index in [9.17, 15) is 4.79 Å². The smallest absolute Gasteiger partial charge is 0.295 e. The maximum absolute atomic E-state index is 11.6. The Morgan fingerprint density at radius 3 is 2.71 bits per heavy atom. The fraction of sp³-hybridized carbons (Fsp3) is 0.433. The zero-order valence-corrected chi connectivity index (χ0v) is 23.3. The zero-order chi connectivity index (χ0) is 28.2. The maximum atomic E-state index is 11.6. The van der Waals surface area contributed by atoms with Crippen molar-refractivity contribution >= 4 is 17.7 Å². The van der Waals surface area contributed by atoms with E-state index >= 15 is 0 Å². The van der Waals surface area contributed by atoms with Crippen molar-refractivity contribution < 1.29 is 13.7 Å². The highest BCUT2D eigenvalue weighted by Crippen LogP contribution is 2.28. The molecule has 1 aromatic carbocycles. The van der Waals surface area contributed by atoms with E-state index in [0.717, 1.165) is 62.1 Å². The van der Waals surface area contributed by atoms with E-state index in [2.05, 4.69) is 30.7 Å². The van der Waals surface area contributed by atoms with E-state index in [1.165, 1.54) is 6.42 Å². The summed E-state index contributed by atoms with van der Waals surface area (Å²) in [7, 11) is 0. The van der Waals surface area contributed by atoms with Crippen LogP contribution in [0.2, 0.25) is 0 Å². The second-order valence-electron chi connectivity index (χ2n) is 10.8. The third-order valence-electron chi connectivity index (χ3n) is 7.98. The highest BCUT2D eigenvalue weighted by Gasteiger charge is 2.30. The van der Waals surface area contributed by atoms with Gasteiger partial charge in [-0.05, 0) is 49.9 Å². The predicted molar refractivity (Wildman–Crippen MR) is 155 cm³/mol. The molecule has 1 aliphatic carbocycles. The molecule has 3 aromatic heterocycles. The average molecular weight is 557 g/mol. The Labute approximate surface area is 238 Å². The molecule has 2 fully saturated rings. The Morgan fingerprint density at radius 2 is 1.93 bits per heavy atom. The predicted octanol–water partition coefficient (Wildman–Crippen LogP) is 4.43. The first-order valence-corrected chi connectivity index (χ1v) is 14.5. The minimum atomic E-state index is -0.468. The van der Waals surface area contributed by atoms with Gasteiger partial charge in [0.2, 0.25) is 17.6 Å². The summed E-state index contributed by atoms with van der Waals surface area (Å²) in [6.45, 7) is 3.87. The number of aryl methyl sites for hydroxylation is 1. The summed E-state index contributed by atoms with van der Waals surface area (Å²) in [6.07, 6.45) is 11.0. The maximum Gasteiger partial charge on any atom is 0.295 e. The van der Waals surface area contributed by atoms with Crippen LogP contribution in [0.15, 0.2) is 57.7 Å². The highest BCUT2D eigenvalue weighted by molar-refractivity contribution is 5.93. The number of hydrogen-bond donors (Lipinski definition) is 3. The van der Waals surface area contributed by atoms with Crippen LogP contribution < -0.4 is 21.3 Å². The molecule has 6 rings (SSSR count). The number of aromatic nitrogens is 4. The first-order valence-electron chi connectivity index (χ1n) is 14.5. The highest BCUT2D eigenvalue weighted by atomic mass is 16.5. The minimum absolute atomic E-state index is 0.211. The Balaban J connectivity index is 1.08. The van der Waals surface area contributed by atoms with Gasteiger partial charge < -0.3 is 30.2 Å². The number of piperidine rings is 1. The SMILES string of the molecule is CCc1nc(-c2ccc(N3CCCC(NC4CCCCC4Nc4ncc(-c5cccc(C(N)=O)c5)o4)C3)nc2)no1. The second-order valence-corrected chi connectivity index (χ2v) is 10.8. The van der Waals surface area contributed by atoms with Gasteiger partial charge in [-0.3, -0.25) is 4.79 Å². The van der Waals surface area contributed by atoms with Crippen LogP contribution in [-0.2, 0) is 6.42 Å². The van der Waals surface area contributed by atoms with Crippen molar-refractivity contribution in [1.29, 1.82) is 0 Å². The quantitative estimate of drug-likeness (QED) is 0.270. The number of oxazole rings is 1. The molecule has 11 heteroatoms. The number of anilines is 2. The van der Waals surface area contributed by atoms with Crippen LogP contribution in [0, 0.1) is 0 Å². The van der Waals surface area contributed by atoms with Crippen LogP contribution in [0.1, 0.15) is 61.7 Å². The largest absolute Gasteiger partial charge is 0.424 e. The number of primary amides is 1. The molecule has 0 bridgehead atoms. The van der Waals surface area contributed by atoms with Gasteiger partial charge in [-0.15, -0.1) is 0 Å². The van der Waals surface area contributed by atoms with Gasteiger partial charge in [0.1, 0.15) is 5.82 Å². The number of nitrogens with two attached hydrogens (primary N) is 1. The Bertz CT molecular complexity index is 1470. The third-order valence-corrected chi connectivity index (χ3v) is 7.98. The lowest BCUT2D eigenvalue weighted by Crippen LogP contribution is -2.55. The van der Waals surface area contributed by atoms with E-state index in [-0.39, 0.29) is 6.04 Å². The fourth-order valence-electron chi connectivity index (χ4n) is 5.81. The number of hydrogen-bond acceptors (Lipinski definition) is 10. The standard InChI is InChI=1S/C30H36N8O3/c1-2-27-36-29(37-41-27)21-12-13-26(32-16-21)38-14-6-9-22(18-38)34-23-10-3-4-11-24(23)35-30-33-17-25(40-30)19-7-5-8-20(15-19)28(31)39/h5,7-8,12-13,15-17,22-24,34H,2-4,6,9-11,14,18H2,1H3,(H2,31,39)(H,33,35). The normalized spacial score (nSPS) is 21.1. The van der Waals surface area contributed by atoms with Gasteiger partial charge in [0.25, 0.3) is 6.01 Å². The average Bonchev–Trinajstić information content (AvgIpc) is 3.69. The monoisotopic (exact) mass is 556 g/mol. The van der Waals surface area contributed by atoms with Crippen LogP contribution in [-0.4, -0.2) is 57.2 Å². The lowest BCUT2D eigenvalue weighted by atomic mass is 9.89. The summed E-state index contributed by atoms with van der Waals surface area (Å²) in [5, 5.41) is 11.5. The molecule has 41 heavy (non-hydrogen) atoms. The molecule has 3 unspecified atom stereocenters. The molecule has 0 spiro atoms. The summed E-state index contributed by atoms with van der Waals surface area (Å²) >= 11 is 0. The van der Waals surface area contributed by atoms with Gasteiger partial charge in [0.05, 0.1) is 6.20 Å². The van der Waals surface area contributed by atoms with E-state index in [1.54, 1.807) is 24.4 Å². The third kappa shape index (κ3) is 6.25. The molecular weight excluding hydrogens is 520 g/mol. The van der Waals surface area contributed by atoms with Gasteiger partial charge in [-0.1, -0.05) is 37.1 Å². The van der Waals surface area contributed by atoms with Crippen molar-refractivity contribution in [2.75, 3.05) is 23.3 Å². The Hall–Kier alpha value is -4.25. The molecule has 1 saturated carbocycles. The summed E-state index contributed by atoms with van der Waals surface area (Å²) in [4.78, 5) is 27.5. The number of pyridine rings is 1. The van der Waals surface area contributed by atoms with Crippen LogP contribution in [0.25, 0.3) is 22.7 Å². The van der Waals surface area contributed by atoms with Crippen molar-refractivity contribution in [3.8, 4) is 22.7 Å². The molecule has 1 aliphatic heterocycles. The molecule has 1 amide bonds. The van der Waals surface area contributed by atoms with E-state index in [0.29, 0.717) is 47.6 Å². The van der Waals surface area contributed by atoms with Gasteiger partial charge >= 0.3 is 0 Å². The van der Waals surface area contributed by atoms with Gasteiger partial charge in [0.15, 0.2) is 5.76 Å². The van der Waals surface area contributed by atoms with E-state index in [1.807, 2.05) is 31.3 Å². The van der Waals surface area contributed by atoms with Gasteiger partial charge in [0, 0.05) is 60.5 Å². The van der Waals surface area contributed by atoms with Gasteiger partial charge in [-0.25, -0.2) is 9.97 Å². The summed E-state index contributed by atoms with van der Waals surface area (Å²) < 4.78 is 11.3. The fourth-order valence-corrected chi connectivity index (χ4v) is 5.81. The van der Waals surface area contributed by atoms with E-state index < -0.39 is 5.91 Å². The topological polar surface area (TPSA) is 148 Å². The summed E-state index contributed by atoms with van der Waals surface area (Å²) in [5.41, 5.74) is 7.50.